The van der Waals surface area contributed by atoms with Crippen LogP contribution in [-0.4, -0.2) is 43.3 Å². The molecule has 1 aliphatic heterocycles. The number of sulfonamides is 1. The third-order valence-electron chi connectivity index (χ3n) is 2.69. The zero-order valence-corrected chi connectivity index (χ0v) is 9.46. The van der Waals surface area contributed by atoms with Gasteiger partial charge in [0.15, 0.2) is 0 Å². The minimum Gasteiger partial charge on any atom is -0.396 e. The van der Waals surface area contributed by atoms with Gasteiger partial charge in [-0.1, -0.05) is 6.42 Å². The molecule has 1 unspecified atom stereocenters. The highest BCUT2D eigenvalue weighted by Crippen LogP contribution is 2.22. The quantitative estimate of drug-likeness (QED) is 0.755. The van der Waals surface area contributed by atoms with Gasteiger partial charge >= 0.3 is 0 Å². The maximum absolute atomic E-state index is 11.4. The lowest BCUT2D eigenvalue weighted by Gasteiger charge is -2.33. The van der Waals surface area contributed by atoms with Gasteiger partial charge in [-0.15, -0.1) is 0 Å². The lowest BCUT2D eigenvalue weighted by molar-refractivity contribution is 0.214. The smallest absolute Gasteiger partial charge is 0.211 e. The average Bonchev–Trinajstić information content (AvgIpc) is 2.14. The molecule has 1 N–H and O–H groups in total. The molecule has 0 aromatic heterocycles. The topological polar surface area (TPSA) is 57.6 Å². The number of hydrogen-bond acceptors (Lipinski definition) is 3. The van der Waals surface area contributed by atoms with E-state index >= 15 is 0 Å². The molecule has 1 rings (SSSR count). The Bertz CT molecular complexity index is 263. The van der Waals surface area contributed by atoms with Crippen LogP contribution < -0.4 is 0 Å². The number of piperidine rings is 1. The van der Waals surface area contributed by atoms with E-state index in [-0.39, 0.29) is 12.6 Å². The molecule has 1 atom stereocenters. The van der Waals surface area contributed by atoms with E-state index in [9.17, 15) is 8.42 Å². The number of aliphatic hydroxyl groups excluding tert-OH is 1. The Labute approximate surface area is 86.0 Å². The lowest BCUT2D eigenvalue weighted by atomic mass is 10.0. The van der Waals surface area contributed by atoms with Gasteiger partial charge < -0.3 is 5.11 Å². The van der Waals surface area contributed by atoms with E-state index in [4.69, 9.17) is 5.11 Å². The van der Waals surface area contributed by atoms with E-state index in [1.807, 2.05) is 0 Å². The van der Waals surface area contributed by atoms with E-state index in [0.717, 1.165) is 25.7 Å². The fourth-order valence-electron chi connectivity index (χ4n) is 2.03. The molecule has 5 heteroatoms. The van der Waals surface area contributed by atoms with Crippen LogP contribution in [0.2, 0.25) is 0 Å². The molecule has 0 saturated carbocycles. The third kappa shape index (κ3) is 3.22. The summed E-state index contributed by atoms with van der Waals surface area (Å²) in [6.45, 7) is 0.795. The Kier molecular flexibility index (Phi) is 4.34. The van der Waals surface area contributed by atoms with E-state index in [2.05, 4.69) is 0 Å². The van der Waals surface area contributed by atoms with Gasteiger partial charge in [0.25, 0.3) is 0 Å². The summed E-state index contributed by atoms with van der Waals surface area (Å²) in [5, 5.41) is 8.72. The molecule has 0 aromatic rings. The van der Waals surface area contributed by atoms with Crippen molar-refractivity contribution in [1.82, 2.24) is 4.31 Å². The second-order valence-electron chi connectivity index (χ2n) is 3.89. The van der Waals surface area contributed by atoms with Crippen molar-refractivity contribution in [3.05, 3.63) is 0 Å². The normalized spacial score (nSPS) is 25.1. The van der Waals surface area contributed by atoms with Crippen LogP contribution >= 0.6 is 0 Å². The number of nitrogens with zero attached hydrogens (tertiary/aromatic N) is 1. The SMILES string of the molecule is CS(=O)(=O)N1CCCCC1CCCO. The van der Waals surface area contributed by atoms with Crippen LogP contribution in [-0.2, 0) is 10.0 Å². The molecule has 0 bridgehead atoms. The van der Waals surface area contributed by atoms with Crippen molar-refractivity contribution >= 4 is 10.0 Å². The van der Waals surface area contributed by atoms with Gasteiger partial charge in [0, 0.05) is 19.2 Å². The van der Waals surface area contributed by atoms with Crippen LogP contribution in [0.25, 0.3) is 0 Å². The summed E-state index contributed by atoms with van der Waals surface area (Å²) in [7, 11) is -3.05. The Balaban J connectivity index is 2.60. The average molecular weight is 221 g/mol. The molecule has 1 heterocycles. The van der Waals surface area contributed by atoms with Crippen molar-refractivity contribution in [2.45, 2.75) is 38.1 Å². The van der Waals surface area contributed by atoms with Gasteiger partial charge in [0.05, 0.1) is 6.26 Å². The first-order valence-corrected chi connectivity index (χ1v) is 6.98. The molecule has 84 valence electrons. The van der Waals surface area contributed by atoms with Gasteiger partial charge in [-0.2, -0.15) is 4.31 Å². The monoisotopic (exact) mass is 221 g/mol. The predicted octanol–water partition coefficient (Wildman–Crippen LogP) is 0.573. The molecule has 4 nitrogen and oxygen atoms in total. The van der Waals surface area contributed by atoms with Crippen LogP contribution in [0, 0.1) is 0 Å². The van der Waals surface area contributed by atoms with Crippen LogP contribution in [0.15, 0.2) is 0 Å². The molecule has 0 radical (unpaired) electrons. The summed E-state index contributed by atoms with van der Waals surface area (Å²) in [4.78, 5) is 0. The minimum absolute atomic E-state index is 0.117. The van der Waals surface area contributed by atoms with E-state index in [1.54, 1.807) is 4.31 Å². The molecule has 0 aromatic carbocycles. The first-order chi connectivity index (χ1) is 6.55. The fourth-order valence-corrected chi connectivity index (χ4v) is 3.24. The highest BCUT2D eigenvalue weighted by molar-refractivity contribution is 7.88. The van der Waals surface area contributed by atoms with E-state index < -0.39 is 10.0 Å². The summed E-state index contributed by atoms with van der Waals surface area (Å²) in [6, 6.07) is 0.117. The summed E-state index contributed by atoms with van der Waals surface area (Å²) in [5.74, 6) is 0. The molecule has 1 aliphatic rings. The Morgan fingerprint density at radius 1 is 1.43 bits per heavy atom. The van der Waals surface area contributed by atoms with Crippen LogP contribution in [0.1, 0.15) is 32.1 Å². The van der Waals surface area contributed by atoms with Crippen molar-refractivity contribution in [2.24, 2.45) is 0 Å². The Morgan fingerprint density at radius 3 is 2.71 bits per heavy atom. The van der Waals surface area contributed by atoms with Gasteiger partial charge in [0.2, 0.25) is 10.0 Å². The number of aliphatic hydroxyl groups is 1. The zero-order valence-electron chi connectivity index (χ0n) is 8.65. The first-order valence-electron chi connectivity index (χ1n) is 5.13. The molecule has 0 aliphatic carbocycles. The van der Waals surface area contributed by atoms with Crippen molar-refractivity contribution in [1.29, 1.82) is 0 Å². The molecule has 0 spiro atoms. The fraction of sp³-hybridized carbons (Fsp3) is 1.00. The van der Waals surface area contributed by atoms with Gasteiger partial charge in [-0.3, -0.25) is 0 Å². The van der Waals surface area contributed by atoms with Crippen LogP contribution in [0.4, 0.5) is 0 Å². The third-order valence-corrected chi connectivity index (χ3v) is 4.03. The van der Waals surface area contributed by atoms with Gasteiger partial charge in [0.1, 0.15) is 0 Å². The second kappa shape index (κ2) is 5.09. The summed E-state index contributed by atoms with van der Waals surface area (Å²) in [5.41, 5.74) is 0. The van der Waals surface area contributed by atoms with Crippen molar-refractivity contribution in [3.63, 3.8) is 0 Å². The molecule has 1 fully saturated rings. The van der Waals surface area contributed by atoms with Crippen LogP contribution in [0.5, 0.6) is 0 Å². The molecule has 1 saturated heterocycles. The summed E-state index contributed by atoms with van der Waals surface area (Å²) < 4.78 is 24.4. The maximum atomic E-state index is 11.4. The highest BCUT2D eigenvalue weighted by Gasteiger charge is 2.28. The first kappa shape index (κ1) is 11.9. The van der Waals surface area contributed by atoms with Crippen molar-refractivity contribution in [2.75, 3.05) is 19.4 Å². The van der Waals surface area contributed by atoms with E-state index in [1.165, 1.54) is 6.26 Å². The Morgan fingerprint density at radius 2 is 2.14 bits per heavy atom. The lowest BCUT2D eigenvalue weighted by Crippen LogP contribution is -2.43. The molecule has 14 heavy (non-hydrogen) atoms. The molecular formula is C9H19NO3S. The molecule has 0 amide bonds. The maximum Gasteiger partial charge on any atom is 0.211 e. The summed E-state index contributed by atoms with van der Waals surface area (Å²) in [6.07, 6.45) is 5.74. The van der Waals surface area contributed by atoms with Crippen molar-refractivity contribution < 1.29 is 13.5 Å². The Hall–Kier alpha value is -0.130. The van der Waals surface area contributed by atoms with Gasteiger partial charge in [-0.25, -0.2) is 8.42 Å². The molecular weight excluding hydrogens is 202 g/mol. The minimum atomic E-state index is -3.05. The number of hydrogen-bond donors (Lipinski definition) is 1. The number of rotatable bonds is 4. The second-order valence-corrected chi connectivity index (χ2v) is 5.82. The van der Waals surface area contributed by atoms with Crippen LogP contribution in [0.3, 0.4) is 0 Å². The summed E-state index contributed by atoms with van der Waals surface area (Å²) >= 11 is 0. The zero-order chi connectivity index (χ0) is 10.6. The van der Waals surface area contributed by atoms with Crippen molar-refractivity contribution in [3.8, 4) is 0 Å². The largest absolute Gasteiger partial charge is 0.396 e. The standard InChI is InChI=1S/C9H19NO3S/c1-14(12,13)10-7-3-2-5-9(10)6-4-8-11/h9,11H,2-8H2,1H3. The predicted molar refractivity (Wildman–Crippen MR) is 55.5 cm³/mol. The van der Waals surface area contributed by atoms with E-state index in [0.29, 0.717) is 13.0 Å². The highest BCUT2D eigenvalue weighted by atomic mass is 32.2. The van der Waals surface area contributed by atoms with Gasteiger partial charge in [-0.05, 0) is 25.7 Å².